The Morgan fingerprint density at radius 1 is 1.28 bits per heavy atom. The molecule has 1 unspecified atom stereocenters. The molecule has 0 saturated heterocycles. The van der Waals surface area contributed by atoms with Crippen LogP contribution < -0.4 is 4.74 Å². The molecule has 1 aromatic heterocycles. The highest BCUT2D eigenvalue weighted by atomic mass is 16.5. The number of aromatic nitrogens is 1. The SMILES string of the molecule is COc1cccc(CC(O)c2ccc(C)nc2)c1. The highest BCUT2D eigenvalue weighted by Crippen LogP contribution is 2.20. The zero-order chi connectivity index (χ0) is 13.0. The number of hydrogen-bond donors (Lipinski definition) is 1. The summed E-state index contributed by atoms with van der Waals surface area (Å²) in [4.78, 5) is 4.19. The number of aryl methyl sites for hydroxylation is 1. The third kappa shape index (κ3) is 3.08. The summed E-state index contributed by atoms with van der Waals surface area (Å²) >= 11 is 0. The van der Waals surface area contributed by atoms with Crippen LogP contribution in [0.1, 0.15) is 22.9 Å². The summed E-state index contributed by atoms with van der Waals surface area (Å²) < 4.78 is 5.16. The van der Waals surface area contributed by atoms with Crippen LogP contribution in [0.15, 0.2) is 42.6 Å². The van der Waals surface area contributed by atoms with Gasteiger partial charge < -0.3 is 9.84 Å². The predicted molar refractivity (Wildman–Crippen MR) is 70.6 cm³/mol. The lowest BCUT2D eigenvalue weighted by molar-refractivity contribution is 0.178. The summed E-state index contributed by atoms with van der Waals surface area (Å²) in [6, 6.07) is 11.5. The van der Waals surface area contributed by atoms with Gasteiger partial charge in [-0.15, -0.1) is 0 Å². The molecule has 0 aliphatic heterocycles. The van der Waals surface area contributed by atoms with Crippen molar-refractivity contribution in [3.8, 4) is 5.75 Å². The first-order chi connectivity index (χ1) is 8.69. The smallest absolute Gasteiger partial charge is 0.119 e. The fourth-order valence-electron chi connectivity index (χ4n) is 1.82. The van der Waals surface area contributed by atoms with Crippen molar-refractivity contribution < 1.29 is 9.84 Å². The standard InChI is InChI=1S/C15H17NO2/c1-11-6-7-13(10-16-11)15(17)9-12-4-3-5-14(8-12)18-2/h3-8,10,15,17H,9H2,1-2H3. The quantitative estimate of drug-likeness (QED) is 0.897. The molecule has 1 N–H and O–H groups in total. The van der Waals surface area contributed by atoms with Crippen molar-refractivity contribution in [3.05, 3.63) is 59.4 Å². The molecular formula is C15H17NO2. The first-order valence-corrected chi connectivity index (χ1v) is 5.92. The van der Waals surface area contributed by atoms with E-state index in [1.54, 1.807) is 13.3 Å². The van der Waals surface area contributed by atoms with Crippen LogP contribution in [0.5, 0.6) is 5.75 Å². The molecule has 1 atom stereocenters. The van der Waals surface area contributed by atoms with E-state index in [0.29, 0.717) is 6.42 Å². The Hall–Kier alpha value is -1.87. The molecule has 0 saturated carbocycles. The third-order valence-corrected chi connectivity index (χ3v) is 2.88. The number of aliphatic hydroxyl groups excluding tert-OH is 1. The minimum absolute atomic E-state index is 0.537. The van der Waals surface area contributed by atoms with E-state index in [4.69, 9.17) is 4.74 Å². The predicted octanol–water partition coefficient (Wildman–Crippen LogP) is 2.67. The van der Waals surface area contributed by atoms with Crippen LogP contribution in [0, 0.1) is 6.92 Å². The molecular weight excluding hydrogens is 226 g/mol. The number of benzene rings is 1. The third-order valence-electron chi connectivity index (χ3n) is 2.88. The summed E-state index contributed by atoms with van der Waals surface area (Å²) in [6.07, 6.45) is 1.74. The van der Waals surface area contributed by atoms with E-state index in [-0.39, 0.29) is 0 Å². The molecule has 0 amide bonds. The molecule has 0 aliphatic carbocycles. The monoisotopic (exact) mass is 243 g/mol. The Labute approximate surface area is 107 Å². The van der Waals surface area contributed by atoms with Gasteiger partial charge in [-0.05, 0) is 36.2 Å². The summed E-state index contributed by atoms with van der Waals surface area (Å²) in [6.45, 7) is 1.93. The topological polar surface area (TPSA) is 42.4 Å². The second kappa shape index (κ2) is 5.65. The van der Waals surface area contributed by atoms with Crippen LogP contribution in [0.25, 0.3) is 0 Å². The fraction of sp³-hybridized carbons (Fsp3) is 0.267. The van der Waals surface area contributed by atoms with Gasteiger partial charge in [0.2, 0.25) is 0 Å². The molecule has 0 fully saturated rings. The van der Waals surface area contributed by atoms with Crippen molar-refractivity contribution in [1.29, 1.82) is 0 Å². The lowest BCUT2D eigenvalue weighted by Gasteiger charge is -2.11. The van der Waals surface area contributed by atoms with Crippen molar-refractivity contribution in [3.63, 3.8) is 0 Å². The van der Waals surface area contributed by atoms with E-state index < -0.39 is 6.10 Å². The molecule has 3 heteroatoms. The maximum Gasteiger partial charge on any atom is 0.119 e. The summed E-state index contributed by atoms with van der Waals surface area (Å²) in [5, 5.41) is 10.1. The highest BCUT2D eigenvalue weighted by molar-refractivity contribution is 5.30. The normalized spacial score (nSPS) is 12.2. The fourth-order valence-corrected chi connectivity index (χ4v) is 1.82. The van der Waals surface area contributed by atoms with Crippen molar-refractivity contribution >= 4 is 0 Å². The highest BCUT2D eigenvalue weighted by Gasteiger charge is 2.09. The summed E-state index contributed by atoms with van der Waals surface area (Å²) in [7, 11) is 1.64. The summed E-state index contributed by atoms with van der Waals surface area (Å²) in [5.74, 6) is 0.807. The van der Waals surface area contributed by atoms with Crippen molar-refractivity contribution in [2.24, 2.45) is 0 Å². The zero-order valence-electron chi connectivity index (χ0n) is 10.6. The Balaban J connectivity index is 2.10. The number of ether oxygens (including phenoxy) is 1. The van der Waals surface area contributed by atoms with Gasteiger partial charge in [-0.25, -0.2) is 0 Å². The Bertz CT molecular complexity index is 508. The number of nitrogens with zero attached hydrogens (tertiary/aromatic N) is 1. The average Bonchev–Trinajstić information content (AvgIpc) is 2.39. The van der Waals surface area contributed by atoms with E-state index in [1.807, 2.05) is 43.3 Å². The van der Waals surface area contributed by atoms with Gasteiger partial charge in [-0.1, -0.05) is 18.2 Å². The van der Waals surface area contributed by atoms with Crippen molar-refractivity contribution in [2.45, 2.75) is 19.4 Å². The number of hydrogen-bond acceptors (Lipinski definition) is 3. The second-order valence-electron chi connectivity index (χ2n) is 4.30. The largest absolute Gasteiger partial charge is 0.497 e. The van der Waals surface area contributed by atoms with Crippen LogP contribution in [-0.4, -0.2) is 17.2 Å². The van der Waals surface area contributed by atoms with Gasteiger partial charge in [0.1, 0.15) is 5.75 Å². The lowest BCUT2D eigenvalue weighted by Crippen LogP contribution is -2.02. The van der Waals surface area contributed by atoms with Gasteiger partial charge in [0.05, 0.1) is 13.2 Å². The number of methoxy groups -OCH3 is 1. The maximum absolute atomic E-state index is 10.1. The van der Waals surface area contributed by atoms with E-state index >= 15 is 0 Å². The van der Waals surface area contributed by atoms with Gasteiger partial charge in [0.25, 0.3) is 0 Å². The van der Waals surface area contributed by atoms with Gasteiger partial charge in [-0.3, -0.25) is 4.98 Å². The van der Waals surface area contributed by atoms with E-state index in [1.165, 1.54) is 0 Å². The second-order valence-corrected chi connectivity index (χ2v) is 4.30. The molecule has 94 valence electrons. The molecule has 1 heterocycles. The number of aliphatic hydroxyl groups is 1. The van der Waals surface area contributed by atoms with Crippen LogP contribution >= 0.6 is 0 Å². The first-order valence-electron chi connectivity index (χ1n) is 5.92. The van der Waals surface area contributed by atoms with E-state index in [2.05, 4.69) is 4.98 Å². The summed E-state index contributed by atoms with van der Waals surface area (Å²) in [5.41, 5.74) is 2.83. The molecule has 18 heavy (non-hydrogen) atoms. The van der Waals surface area contributed by atoms with Gasteiger partial charge in [0, 0.05) is 18.3 Å². The molecule has 3 nitrogen and oxygen atoms in total. The van der Waals surface area contributed by atoms with Crippen LogP contribution in [0.4, 0.5) is 0 Å². The molecule has 0 aliphatic rings. The zero-order valence-corrected chi connectivity index (χ0v) is 10.6. The van der Waals surface area contributed by atoms with Crippen molar-refractivity contribution in [1.82, 2.24) is 4.98 Å². The molecule has 2 rings (SSSR count). The van der Waals surface area contributed by atoms with Crippen LogP contribution in [0.2, 0.25) is 0 Å². The van der Waals surface area contributed by atoms with E-state index in [9.17, 15) is 5.11 Å². The van der Waals surface area contributed by atoms with Gasteiger partial charge in [-0.2, -0.15) is 0 Å². The minimum Gasteiger partial charge on any atom is -0.497 e. The average molecular weight is 243 g/mol. The number of pyridine rings is 1. The molecule has 0 radical (unpaired) electrons. The maximum atomic E-state index is 10.1. The molecule has 0 bridgehead atoms. The number of rotatable bonds is 4. The minimum atomic E-state index is -0.537. The Kier molecular flexibility index (Phi) is 3.95. The molecule has 2 aromatic rings. The molecule has 1 aromatic carbocycles. The lowest BCUT2D eigenvalue weighted by atomic mass is 10.0. The molecule has 0 spiro atoms. The van der Waals surface area contributed by atoms with Gasteiger partial charge in [0.15, 0.2) is 0 Å². The van der Waals surface area contributed by atoms with Gasteiger partial charge >= 0.3 is 0 Å². The van der Waals surface area contributed by atoms with Crippen molar-refractivity contribution in [2.75, 3.05) is 7.11 Å². The van der Waals surface area contributed by atoms with Crippen LogP contribution in [0.3, 0.4) is 0 Å². The Morgan fingerprint density at radius 3 is 2.78 bits per heavy atom. The van der Waals surface area contributed by atoms with Crippen LogP contribution in [-0.2, 0) is 6.42 Å². The van der Waals surface area contributed by atoms with E-state index in [0.717, 1.165) is 22.6 Å². The first kappa shape index (κ1) is 12.6. The Morgan fingerprint density at radius 2 is 2.11 bits per heavy atom.